The maximum atomic E-state index is 12.7. The molecule has 0 fully saturated rings. The first-order valence-corrected chi connectivity index (χ1v) is 9.35. The maximum absolute atomic E-state index is 12.7. The van der Waals surface area contributed by atoms with Crippen molar-refractivity contribution in [3.8, 4) is 0 Å². The van der Waals surface area contributed by atoms with Crippen molar-refractivity contribution in [3.05, 3.63) is 69.6 Å². The molecular formula is C20H21ClN2OS. The van der Waals surface area contributed by atoms with Gasteiger partial charge in [-0.3, -0.25) is 4.79 Å². The summed E-state index contributed by atoms with van der Waals surface area (Å²) in [6.07, 6.45) is 0. The molecule has 2 aromatic carbocycles. The molecule has 0 unspecified atom stereocenters. The summed E-state index contributed by atoms with van der Waals surface area (Å²) < 4.78 is 1.04. The van der Waals surface area contributed by atoms with Crippen LogP contribution in [-0.2, 0) is 0 Å². The number of fused-ring (bicyclic) bond motifs is 1. The SMILES string of the molecule is Cc1cccc2sc(C(=O)NC[C@H](c3ccccc3)N(C)C)c(Cl)c12. The third-order valence-electron chi connectivity index (χ3n) is 4.34. The van der Waals surface area contributed by atoms with E-state index in [0.29, 0.717) is 16.4 Å². The number of aryl methyl sites for hydroxylation is 1. The van der Waals surface area contributed by atoms with E-state index in [1.165, 1.54) is 16.9 Å². The Bertz CT molecular complexity index is 889. The van der Waals surface area contributed by atoms with Crippen LogP contribution in [0.5, 0.6) is 0 Å². The summed E-state index contributed by atoms with van der Waals surface area (Å²) in [6, 6.07) is 16.3. The third-order valence-corrected chi connectivity index (χ3v) is 5.98. The van der Waals surface area contributed by atoms with E-state index in [0.717, 1.165) is 15.6 Å². The van der Waals surface area contributed by atoms with Gasteiger partial charge in [0.25, 0.3) is 5.91 Å². The zero-order valence-corrected chi connectivity index (χ0v) is 16.1. The fourth-order valence-electron chi connectivity index (χ4n) is 2.96. The maximum Gasteiger partial charge on any atom is 0.262 e. The lowest BCUT2D eigenvalue weighted by molar-refractivity contribution is 0.0946. The van der Waals surface area contributed by atoms with Crippen LogP contribution in [0.1, 0.15) is 26.8 Å². The number of rotatable bonds is 5. The molecule has 25 heavy (non-hydrogen) atoms. The summed E-state index contributed by atoms with van der Waals surface area (Å²) in [5, 5.41) is 4.58. The van der Waals surface area contributed by atoms with Gasteiger partial charge in [-0.1, -0.05) is 54.1 Å². The standard InChI is InChI=1S/C20H21ClN2OS/c1-13-8-7-11-16-17(13)18(21)19(25-16)20(24)22-12-15(23(2)3)14-9-5-4-6-10-14/h4-11,15H,12H2,1-3H3,(H,22,24)/t15-/m1/s1. The van der Waals surface area contributed by atoms with Gasteiger partial charge in [0.1, 0.15) is 4.88 Å². The lowest BCUT2D eigenvalue weighted by atomic mass is 10.1. The number of thiophene rings is 1. The van der Waals surface area contributed by atoms with Crippen LogP contribution in [0.2, 0.25) is 5.02 Å². The molecule has 1 N–H and O–H groups in total. The summed E-state index contributed by atoms with van der Waals surface area (Å²) in [5.74, 6) is -0.117. The number of hydrogen-bond donors (Lipinski definition) is 1. The minimum absolute atomic E-state index is 0.111. The average Bonchev–Trinajstić information content (AvgIpc) is 2.94. The Morgan fingerprint density at radius 2 is 1.88 bits per heavy atom. The lowest BCUT2D eigenvalue weighted by Gasteiger charge is -2.25. The van der Waals surface area contributed by atoms with Crippen molar-refractivity contribution < 1.29 is 4.79 Å². The number of halogens is 1. The molecule has 0 aliphatic rings. The molecule has 3 rings (SSSR count). The molecule has 1 amide bonds. The van der Waals surface area contributed by atoms with Crippen LogP contribution >= 0.6 is 22.9 Å². The summed E-state index contributed by atoms with van der Waals surface area (Å²) in [5.41, 5.74) is 2.26. The van der Waals surface area contributed by atoms with Crippen molar-refractivity contribution in [1.82, 2.24) is 10.2 Å². The Hall–Kier alpha value is -1.88. The Labute approximate surface area is 157 Å². The van der Waals surface area contributed by atoms with E-state index in [1.54, 1.807) is 0 Å². The highest BCUT2D eigenvalue weighted by Crippen LogP contribution is 2.37. The Morgan fingerprint density at radius 3 is 2.52 bits per heavy atom. The van der Waals surface area contributed by atoms with Crippen molar-refractivity contribution >= 4 is 38.9 Å². The van der Waals surface area contributed by atoms with Crippen LogP contribution in [0.4, 0.5) is 0 Å². The fraction of sp³-hybridized carbons (Fsp3) is 0.250. The minimum atomic E-state index is -0.117. The van der Waals surface area contributed by atoms with E-state index >= 15 is 0 Å². The van der Waals surface area contributed by atoms with E-state index in [4.69, 9.17) is 11.6 Å². The van der Waals surface area contributed by atoms with Crippen LogP contribution in [0.3, 0.4) is 0 Å². The Kier molecular flexibility index (Phi) is 5.42. The van der Waals surface area contributed by atoms with Gasteiger partial charge in [-0.15, -0.1) is 11.3 Å². The fourth-order valence-corrected chi connectivity index (χ4v) is 4.56. The van der Waals surface area contributed by atoms with Crippen LogP contribution in [-0.4, -0.2) is 31.4 Å². The smallest absolute Gasteiger partial charge is 0.262 e. The van der Waals surface area contributed by atoms with Crippen LogP contribution < -0.4 is 5.32 Å². The molecule has 0 bridgehead atoms. The van der Waals surface area contributed by atoms with E-state index in [9.17, 15) is 4.79 Å². The monoisotopic (exact) mass is 372 g/mol. The first-order valence-electron chi connectivity index (χ1n) is 8.16. The van der Waals surface area contributed by atoms with E-state index < -0.39 is 0 Å². The minimum Gasteiger partial charge on any atom is -0.349 e. The Morgan fingerprint density at radius 1 is 1.16 bits per heavy atom. The topological polar surface area (TPSA) is 32.3 Å². The van der Waals surface area contributed by atoms with Gasteiger partial charge in [0, 0.05) is 16.6 Å². The van der Waals surface area contributed by atoms with Gasteiger partial charge in [0.05, 0.1) is 11.1 Å². The number of nitrogens with zero attached hydrogens (tertiary/aromatic N) is 1. The molecule has 0 spiro atoms. The number of carbonyl (C=O) groups is 1. The number of nitrogens with one attached hydrogen (secondary N) is 1. The van der Waals surface area contributed by atoms with Gasteiger partial charge >= 0.3 is 0 Å². The second kappa shape index (κ2) is 7.56. The molecular weight excluding hydrogens is 352 g/mol. The molecule has 3 aromatic rings. The molecule has 0 radical (unpaired) electrons. The van der Waals surface area contributed by atoms with E-state index in [-0.39, 0.29) is 11.9 Å². The first kappa shape index (κ1) is 17.9. The molecule has 1 heterocycles. The van der Waals surface area contributed by atoms with Gasteiger partial charge in [-0.05, 0) is 38.2 Å². The molecule has 1 atom stereocenters. The zero-order chi connectivity index (χ0) is 18.0. The van der Waals surface area contributed by atoms with Gasteiger partial charge in [-0.25, -0.2) is 0 Å². The number of hydrogen-bond acceptors (Lipinski definition) is 3. The van der Waals surface area contributed by atoms with Crippen molar-refractivity contribution in [2.75, 3.05) is 20.6 Å². The van der Waals surface area contributed by atoms with Gasteiger partial charge in [-0.2, -0.15) is 0 Å². The molecule has 1 aromatic heterocycles. The molecule has 130 valence electrons. The lowest BCUT2D eigenvalue weighted by Crippen LogP contribution is -2.34. The molecule has 0 saturated carbocycles. The highest BCUT2D eigenvalue weighted by Gasteiger charge is 2.20. The second-order valence-corrected chi connectivity index (χ2v) is 7.72. The molecule has 0 aliphatic carbocycles. The number of carbonyl (C=O) groups excluding carboxylic acids is 1. The van der Waals surface area contributed by atoms with E-state index in [1.807, 2.05) is 57.4 Å². The summed E-state index contributed by atoms with van der Waals surface area (Å²) in [7, 11) is 4.03. The van der Waals surface area contributed by atoms with Crippen molar-refractivity contribution in [3.63, 3.8) is 0 Å². The van der Waals surface area contributed by atoms with Crippen LogP contribution in [0.25, 0.3) is 10.1 Å². The molecule has 0 aliphatic heterocycles. The Balaban J connectivity index is 1.80. The number of benzene rings is 2. The summed E-state index contributed by atoms with van der Waals surface area (Å²) in [6.45, 7) is 2.54. The second-order valence-electron chi connectivity index (χ2n) is 6.29. The van der Waals surface area contributed by atoms with Crippen molar-refractivity contribution in [1.29, 1.82) is 0 Å². The van der Waals surface area contributed by atoms with Crippen molar-refractivity contribution in [2.45, 2.75) is 13.0 Å². The third kappa shape index (κ3) is 3.71. The highest BCUT2D eigenvalue weighted by atomic mass is 35.5. The molecule has 3 nitrogen and oxygen atoms in total. The zero-order valence-electron chi connectivity index (χ0n) is 14.5. The predicted octanol–water partition coefficient (Wildman–Crippen LogP) is 4.90. The van der Waals surface area contributed by atoms with Crippen molar-refractivity contribution in [2.24, 2.45) is 0 Å². The van der Waals surface area contributed by atoms with E-state index in [2.05, 4.69) is 22.3 Å². The van der Waals surface area contributed by atoms with Crippen LogP contribution in [0.15, 0.2) is 48.5 Å². The normalized spacial score (nSPS) is 12.5. The first-order chi connectivity index (χ1) is 12.0. The summed E-state index contributed by atoms with van der Waals surface area (Å²) in [4.78, 5) is 15.4. The van der Waals surface area contributed by atoms with Gasteiger partial charge in [0.15, 0.2) is 0 Å². The number of amides is 1. The predicted molar refractivity (Wildman–Crippen MR) is 107 cm³/mol. The number of likely N-dealkylation sites (N-methyl/N-ethyl adjacent to an activating group) is 1. The van der Waals surface area contributed by atoms with Crippen LogP contribution in [0, 0.1) is 6.92 Å². The largest absolute Gasteiger partial charge is 0.349 e. The highest BCUT2D eigenvalue weighted by molar-refractivity contribution is 7.21. The quantitative estimate of drug-likeness (QED) is 0.691. The van der Waals surface area contributed by atoms with Gasteiger partial charge in [0.2, 0.25) is 0 Å². The molecule has 0 saturated heterocycles. The summed E-state index contributed by atoms with van der Waals surface area (Å²) >= 11 is 7.94. The molecule has 5 heteroatoms. The average molecular weight is 373 g/mol. The van der Waals surface area contributed by atoms with Gasteiger partial charge < -0.3 is 10.2 Å².